The molecule has 2 rings (SSSR count). The first-order valence-corrected chi connectivity index (χ1v) is 9.21. The molecule has 0 spiro atoms. The summed E-state index contributed by atoms with van der Waals surface area (Å²) in [4.78, 5) is 38.0. The van der Waals surface area contributed by atoms with Gasteiger partial charge in [0.05, 0.1) is 19.1 Å². The average Bonchev–Trinajstić information content (AvgIpc) is 2.65. The van der Waals surface area contributed by atoms with E-state index in [4.69, 9.17) is 14.2 Å². The number of hydrogen-bond acceptors (Lipinski definition) is 6. The molecule has 1 heterocycles. The largest absolute Gasteiger partial charge is 0.469 e. The van der Waals surface area contributed by atoms with Crippen molar-refractivity contribution in [1.82, 2.24) is 10.2 Å². The highest BCUT2D eigenvalue weighted by Crippen LogP contribution is 2.21. The Hall–Kier alpha value is -2.77. The second-order valence-corrected chi connectivity index (χ2v) is 7.74. The fourth-order valence-electron chi connectivity index (χ4n) is 2.95. The van der Waals surface area contributed by atoms with Gasteiger partial charge in [-0.2, -0.15) is 0 Å². The van der Waals surface area contributed by atoms with Crippen LogP contribution in [0.5, 0.6) is 0 Å². The summed E-state index contributed by atoms with van der Waals surface area (Å²) >= 11 is 0. The summed E-state index contributed by atoms with van der Waals surface area (Å²) in [5.74, 6) is -0.983. The highest BCUT2D eigenvalue weighted by atomic mass is 16.6. The number of likely N-dealkylation sites (tertiary alicyclic amines) is 1. The number of rotatable bonds is 4. The van der Waals surface area contributed by atoms with E-state index in [0.29, 0.717) is 6.42 Å². The molecule has 0 radical (unpaired) electrons. The molecule has 1 aliphatic rings. The van der Waals surface area contributed by atoms with Crippen molar-refractivity contribution in [3.63, 3.8) is 0 Å². The van der Waals surface area contributed by atoms with E-state index < -0.39 is 35.7 Å². The number of carbonyl (C=O) groups is 3. The first-order chi connectivity index (χ1) is 13.2. The van der Waals surface area contributed by atoms with Crippen molar-refractivity contribution in [2.24, 2.45) is 5.92 Å². The number of carbonyl (C=O) groups excluding carboxylic acids is 3. The standard InChI is InChI=1S/C20H28N2O6/c1-20(2,3)28-19(25)22-11-15(17(23)26-4)10-16(12-22)21-18(24)27-13-14-8-6-5-7-9-14/h5-9,15-16H,10-13H2,1-4H3,(H,21,24)/t15-,16?/m0/s1. The van der Waals surface area contributed by atoms with Gasteiger partial charge in [0.25, 0.3) is 0 Å². The zero-order valence-corrected chi connectivity index (χ0v) is 16.8. The van der Waals surface area contributed by atoms with Crippen LogP contribution in [-0.2, 0) is 25.6 Å². The number of nitrogens with zero attached hydrogens (tertiary/aromatic N) is 1. The van der Waals surface area contributed by atoms with Crippen LogP contribution in [0.15, 0.2) is 30.3 Å². The molecule has 8 heteroatoms. The molecule has 0 saturated carbocycles. The van der Waals surface area contributed by atoms with Crippen LogP contribution in [0, 0.1) is 5.92 Å². The van der Waals surface area contributed by atoms with Crippen molar-refractivity contribution >= 4 is 18.2 Å². The van der Waals surface area contributed by atoms with Gasteiger partial charge in [0.1, 0.15) is 12.2 Å². The van der Waals surface area contributed by atoms with Crippen molar-refractivity contribution in [3.05, 3.63) is 35.9 Å². The number of benzene rings is 1. The van der Waals surface area contributed by atoms with E-state index in [-0.39, 0.29) is 19.7 Å². The molecule has 1 saturated heterocycles. The molecule has 154 valence electrons. The van der Waals surface area contributed by atoms with Gasteiger partial charge in [0, 0.05) is 13.1 Å². The lowest BCUT2D eigenvalue weighted by Crippen LogP contribution is -2.55. The minimum atomic E-state index is -0.660. The normalized spacial score (nSPS) is 19.5. The Morgan fingerprint density at radius 1 is 1.14 bits per heavy atom. The summed E-state index contributed by atoms with van der Waals surface area (Å²) in [6.45, 7) is 5.84. The van der Waals surface area contributed by atoms with Gasteiger partial charge in [-0.3, -0.25) is 4.79 Å². The SMILES string of the molecule is COC(=O)[C@H]1CC(NC(=O)OCc2ccccc2)CN(C(=O)OC(C)(C)C)C1. The van der Waals surface area contributed by atoms with Gasteiger partial charge < -0.3 is 24.4 Å². The van der Waals surface area contributed by atoms with Crippen LogP contribution in [0.1, 0.15) is 32.8 Å². The second-order valence-electron chi connectivity index (χ2n) is 7.74. The van der Waals surface area contributed by atoms with Gasteiger partial charge in [0.15, 0.2) is 0 Å². The topological polar surface area (TPSA) is 94.2 Å². The van der Waals surface area contributed by atoms with E-state index in [1.54, 1.807) is 20.8 Å². The monoisotopic (exact) mass is 392 g/mol. The number of amides is 2. The Bertz CT molecular complexity index is 686. The van der Waals surface area contributed by atoms with Gasteiger partial charge in [-0.25, -0.2) is 9.59 Å². The molecule has 2 amide bonds. The number of piperidine rings is 1. The molecular formula is C20H28N2O6. The Kier molecular flexibility index (Phi) is 7.25. The Morgan fingerprint density at radius 3 is 2.43 bits per heavy atom. The lowest BCUT2D eigenvalue weighted by molar-refractivity contribution is -0.147. The van der Waals surface area contributed by atoms with Crippen molar-refractivity contribution in [2.45, 2.75) is 45.4 Å². The Balaban J connectivity index is 1.97. The predicted molar refractivity (Wildman–Crippen MR) is 101 cm³/mol. The van der Waals surface area contributed by atoms with Gasteiger partial charge >= 0.3 is 18.2 Å². The molecule has 2 atom stereocenters. The fraction of sp³-hybridized carbons (Fsp3) is 0.550. The van der Waals surface area contributed by atoms with Gasteiger partial charge in [-0.15, -0.1) is 0 Å². The summed E-state index contributed by atoms with van der Waals surface area (Å²) in [6.07, 6.45) is -0.791. The van der Waals surface area contributed by atoms with E-state index in [1.165, 1.54) is 12.0 Å². The van der Waals surface area contributed by atoms with Crippen molar-refractivity contribution < 1.29 is 28.6 Å². The third kappa shape index (κ3) is 6.75. The summed E-state index contributed by atoms with van der Waals surface area (Å²) < 4.78 is 15.4. The van der Waals surface area contributed by atoms with Crippen molar-refractivity contribution in [2.75, 3.05) is 20.2 Å². The Morgan fingerprint density at radius 2 is 1.82 bits per heavy atom. The summed E-state index contributed by atoms with van der Waals surface area (Å²) in [5, 5.41) is 2.73. The van der Waals surface area contributed by atoms with Gasteiger partial charge in [-0.05, 0) is 32.8 Å². The maximum atomic E-state index is 12.4. The molecule has 28 heavy (non-hydrogen) atoms. The minimum Gasteiger partial charge on any atom is -0.469 e. The molecule has 1 unspecified atom stereocenters. The van der Waals surface area contributed by atoms with Crippen molar-refractivity contribution in [1.29, 1.82) is 0 Å². The molecule has 8 nitrogen and oxygen atoms in total. The van der Waals surface area contributed by atoms with E-state index >= 15 is 0 Å². The van der Waals surface area contributed by atoms with Crippen LogP contribution in [0.4, 0.5) is 9.59 Å². The predicted octanol–water partition coefficient (Wildman–Crippen LogP) is 2.71. The van der Waals surface area contributed by atoms with Gasteiger partial charge in [0.2, 0.25) is 0 Å². The quantitative estimate of drug-likeness (QED) is 0.625. The molecule has 1 aromatic rings. The van der Waals surface area contributed by atoms with Crippen LogP contribution < -0.4 is 5.32 Å². The molecule has 0 aliphatic carbocycles. The smallest absolute Gasteiger partial charge is 0.410 e. The average molecular weight is 392 g/mol. The highest BCUT2D eigenvalue weighted by molar-refractivity contribution is 5.75. The second kappa shape index (κ2) is 9.43. The fourth-order valence-corrected chi connectivity index (χ4v) is 2.95. The first-order valence-electron chi connectivity index (χ1n) is 9.21. The molecular weight excluding hydrogens is 364 g/mol. The summed E-state index contributed by atoms with van der Waals surface area (Å²) in [6, 6.07) is 8.85. The maximum Gasteiger partial charge on any atom is 0.410 e. The number of nitrogens with one attached hydrogen (secondary N) is 1. The molecule has 1 aromatic carbocycles. The van der Waals surface area contributed by atoms with Crippen LogP contribution in [-0.4, -0.2) is 54.9 Å². The van der Waals surface area contributed by atoms with E-state index in [1.807, 2.05) is 30.3 Å². The number of alkyl carbamates (subject to hydrolysis) is 1. The zero-order valence-electron chi connectivity index (χ0n) is 16.8. The maximum absolute atomic E-state index is 12.4. The first kappa shape index (κ1) is 21.5. The number of hydrogen-bond donors (Lipinski definition) is 1. The highest BCUT2D eigenvalue weighted by Gasteiger charge is 2.37. The van der Waals surface area contributed by atoms with Crippen LogP contribution in [0.2, 0.25) is 0 Å². The minimum absolute atomic E-state index is 0.135. The molecule has 1 fully saturated rings. The molecule has 0 bridgehead atoms. The van der Waals surface area contributed by atoms with E-state index in [9.17, 15) is 14.4 Å². The van der Waals surface area contributed by atoms with Crippen LogP contribution in [0.3, 0.4) is 0 Å². The Labute approximate surface area is 165 Å². The summed E-state index contributed by atoms with van der Waals surface area (Å²) in [5.41, 5.74) is 0.205. The molecule has 0 aromatic heterocycles. The van der Waals surface area contributed by atoms with Gasteiger partial charge in [-0.1, -0.05) is 30.3 Å². The van der Waals surface area contributed by atoms with Crippen LogP contribution in [0.25, 0.3) is 0 Å². The lowest BCUT2D eigenvalue weighted by Gasteiger charge is -2.37. The summed E-state index contributed by atoms with van der Waals surface area (Å²) in [7, 11) is 1.30. The number of methoxy groups -OCH3 is 1. The van der Waals surface area contributed by atoms with Crippen molar-refractivity contribution in [3.8, 4) is 0 Å². The zero-order chi connectivity index (χ0) is 20.7. The lowest BCUT2D eigenvalue weighted by atomic mass is 9.94. The van der Waals surface area contributed by atoms with E-state index in [0.717, 1.165) is 5.56 Å². The third-order valence-electron chi connectivity index (χ3n) is 4.17. The molecule has 1 N–H and O–H groups in total. The van der Waals surface area contributed by atoms with Crippen LogP contribution >= 0.6 is 0 Å². The van der Waals surface area contributed by atoms with E-state index in [2.05, 4.69) is 5.32 Å². The number of esters is 1. The number of ether oxygens (including phenoxy) is 3. The molecule has 1 aliphatic heterocycles. The third-order valence-corrected chi connectivity index (χ3v) is 4.17.